The molecule has 21 heavy (non-hydrogen) atoms. The molecule has 1 heterocycles. The van der Waals surface area contributed by atoms with Gasteiger partial charge in [-0.15, -0.1) is 0 Å². The maximum Gasteiger partial charge on any atom is 0.202 e. The van der Waals surface area contributed by atoms with Gasteiger partial charge in [-0.05, 0) is 29.8 Å². The summed E-state index contributed by atoms with van der Waals surface area (Å²) in [6, 6.07) is 8.55. The van der Waals surface area contributed by atoms with Crippen molar-refractivity contribution in [1.29, 1.82) is 0 Å². The van der Waals surface area contributed by atoms with Crippen LogP contribution in [0.1, 0.15) is 21.5 Å². The minimum absolute atomic E-state index is 0.245. The number of rotatable bonds is 3. The van der Waals surface area contributed by atoms with E-state index in [-0.39, 0.29) is 5.78 Å². The molecule has 2 N–H and O–H groups in total. The van der Waals surface area contributed by atoms with E-state index < -0.39 is 0 Å². The molecule has 0 aromatic heterocycles. The molecule has 1 aliphatic heterocycles. The smallest absolute Gasteiger partial charge is 0.202 e. The van der Waals surface area contributed by atoms with Gasteiger partial charge in [0, 0.05) is 17.1 Å². The molecular weight excluding hydrogens is 290 g/mol. The van der Waals surface area contributed by atoms with Crippen LogP contribution in [-0.4, -0.2) is 19.5 Å². The minimum Gasteiger partial charge on any atom is -0.496 e. The molecule has 0 saturated carbocycles. The van der Waals surface area contributed by atoms with Crippen LogP contribution in [-0.2, 0) is 6.42 Å². The summed E-state index contributed by atoms with van der Waals surface area (Å²) in [5.74, 6) is 0.784. The molecular formula is C16H14ClNO3. The zero-order valence-electron chi connectivity index (χ0n) is 11.5. The molecule has 0 fully saturated rings. The Morgan fingerprint density at radius 1 is 1.38 bits per heavy atom. The van der Waals surface area contributed by atoms with Crippen molar-refractivity contribution in [2.75, 3.05) is 19.5 Å². The Kier molecular flexibility index (Phi) is 3.47. The van der Waals surface area contributed by atoms with Crippen LogP contribution < -0.4 is 15.2 Å². The molecule has 3 rings (SSSR count). The van der Waals surface area contributed by atoms with Crippen molar-refractivity contribution in [3.05, 3.63) is 52.0 Å². The van der Waals surface area contributed by atoms with Gasteiger partial charge in [0.15, 0.2) is 0 Å². The lowest BCUT2D eigenvalue weighted by molar-refractivity contribution is 0.103. The molecule has 1 aliphatic rings. The molecule has 4 nitrogen and oxygen atoms in total. The van der Waals surface area contributed by atoms with Crippen molar-refractivity contribution in [1.82, 2.24) is 0 Å². The van der Waals surface area contributed by atoms with E-state index in [2.05, 4.69) is 0 Å². The van der Waals surface area contributed by atoms with E-state index in [1.807, 2.05) is 6.07 Å². The summed E-state index contributed by atoms with van der Waals surface area (Å²) in [6.45, 7) is 0.553. The lowest BCUT2D eigenvalue weighted by atomic mass is 9.98. The summed E-state index contributed by atoms with van der Waals surface area (Å²) in [7, 11) is 1.50. The number of fused-ring (bicyclic) bond motifs is 1. The fourth-order valence-electron chi connectivity index (χ4n) is 2.53. The number of carbonyl (C=O) groups is 1. The Bertz CT molecular complexity index is 728. The first kappa shape index (κ1) is 13.8. The van der Waals surface area contributed by atoms with Crippen LogP contribution >= 0.6 is 11.6 Å². The van der Waals surface area contributed by atoms with Crippen LogP contribution in [0.4, 0.5) is 5.69 Å². The fraction of sp³-hybridized carbons (Fsp3) is 0.188. The molecule has 0 aliphatic carbocycles. The highest BCUT2D eigenvalue weighted by molar-refractivity contribution is 6.31. The Balaban J connectivity index is 2.17. The Morgan fingerprint density at radius 3 is 2.95 bits per heavy atom. The monoisotopic (exact) mass is 303 g/mol. The minimum atomic E-state index is -0.245. The lowest BCUT2D eigenvalue weighted by Gasteiger charge is -2.12. The Morgan fingerprint density at radius 2 is 2.19 bits per heavy atom. The average molecular weight is 304 g/mol. The third-order valence-corrected chi connectivity index (χ3v) is 3.72. The van der Waals surface area contributed by atoms with Gasteiger partial charge in [-0.3, -0.25) is 4.79 Å². The summed E-state index contributed by atoms with van der Waals surface area (Å²) < 4.78 is 10.8. The number of ether oxygens (including phenoxy) is 2. The number of anilines is 1. The van der Waals surface area contributed by atoms with Crippen molar-refractivity contribution in [3.8, 4) is 11.5 Å². The van der Waals surface area contributed by atoms with Crippen LogP contribution in [0.3, 0.4) is 0 Å². The summed E-state index contributed by atoms with van der Waals surface area (Å²) in [5.41, 5.74) is 8.01. The first-order valence-corrected chi connectivity index (χ1v) is 6.92. The second kappa shape index (κ2) is 5.30. The topological polar surface area (TPSA) is 61.5 Å². The number of nitrogens with two attached hydrogens (primary N) is 1. The Labute approximate surface area is 127 Å². The fourth-order valence-corrected chi connectivity index (χ4v) is 2.77. The molecule has 0 unspecified atom stereocenters. The highest BCUT2D eigenvalue weighted by Crippen LogP contribution is 2.36. The van der Waals surface area contributed by atoms with E-state index in [0.717, 1.165) is 12.0 Å². The van der Waals surface area contributed by atoms with Crippen molar-refractivity contribution in [2.24, 2.45) is 0 Å². The second-order valence-corrected chi connectivity index (χ2v) is 5.23. The standard InChI is InChI=1S/C16H14ClNO3/c1-20-13-4-2-3-12(18)14(13)15(19)11-8-10(17)7-9-5-6-21-16(9)11/h2-4,7-8H,5-6,18H2,1H3. The third kappa shape index (κ3) is 2.32. The summed E-state index contributed by atoms with van der Waals surface area (Å²) in [4.78, 5) is 12.9. The van der Waals surface area contributed by atoms with Gasteiger partial charge in [-0.1, -0.05) is 17.7 Å². The molecule has 0 bridgehead atoms. The van der Waals surface area contributed by atoms with Crippen molar-refractivity contribution < 1.29 is 14.3 Å². The number of methoxy groups -OCH3 is 1. The predicted molar refractivity (Wildman–Crippen MR) is 81.5 cm³/mol. The summed E-state index contributed by atoms with van der Waals surface area (Å²) in [5, 5.41) is 0.510. The van der Waals surface area contributed by atoms with Crippen LogP contribution in [0.15, 0.2) is 30.3 Å². The number of hydrogen-bond acceptors (Lipinski definition) is 4. The predicted octanol–water partition coefficient (Wildman–Crippen LogP) is 3.10. The van der Waals surface area contributed by atoms with Crippen molar-refractivity contribution in [2.45, 2.75) is 6.42 Å². The zero-order valence-corrected chi connectivity index (χ0v) is 12.2. The van der Waals surface area contributed by atoms with Gasteiger partial charge in [0.25, 0.3) is 0 Å². The van der Waals surface area contributed by atoms with Gasteiger partial charge in [-0.2, -0.15) is 0 Å². The van der Waals surface area contributed by atoms with Gasteiger partial charge in [0.05, 0.1) is 24.8 Å². The maximum atomic E-state index is 12.9. The number of nitrogen functional groups attached to an aromatic ring is 1. The van der Waals surface area contributed by atoms with E-state index in [0.29, 0.717) is 39.9 Å². The van der Waals surface area contributed by atoms with Crippen molar-refractivity contribution >= 4 is 23.1 Å². The van der Waals surface area contributed by atoms with Crippen LogP contribution in [0, 0.1) is 0 Å². The first-order chi connectivity index (χ1) is 10.1. The number of benzene rings is 2. The molecule has 0 amide bonds. The number of hydrogen-bond donors (Lipinski definition) is 1. The van der Waals surface area contributed by atoms with Gasteiger partial charge in [-0.25, -0.2) is 0 Å². The molecule has 0 saturated heterocycles. The first-order valence-electron chi connectivity index (χ1n) is 6.54. The van der Waals surface area contributed by atoms with Gasteiger partial charge >= 0.3 is 0 Å². The molecule has 0 spiro atoms. The largest absolute Gasteiger partial charge is 0.496 e. The highest BCUT2D eigenvalue weighted by Gasteiger charge is 2.26. The Hall–Kier alpha value is -2.20. The summed E-state index contributed by atoms with van der Waals surface area (Å²) >= 11 is 6.10. The maximum absolute atomic E-state index is 12.9. The van der Waals surface area contributed by atoms with Gasteiger partial charge in [0.2, 0.25) is 5.78 Å². The quantitative estimate of drug-likeness (QED) is 0.699. The number of carbonyl (C=O) groups excluding carboxylic acids is 1. The molecule has 108 valence electrons. The average Bonchev–Trinajstić information content (AvgIpc) is 2.93. The van der Waals surface area contributed by atoms with Crippen LogP contribution in [0.2, 0.25) is 5.02 Å². The molecule has 2 aromatic carbocycles. The summed E-state index contributed by atoms with van der Waals surface area (Å²) in [6.07, 6.45) is 0.748. The van der Waals surface area contributed by atoms with E-state index in [1.54, 1.807) is 24.3 Å². The lowest BCUT2D eigenvalue weighted by Crippen LogP contribution is -2.09. The normalized spacial score (nSPS) is 12.7. The molecule has 0 radical (unpaired) electrons. The van der Waals surface area contributed by atoms with Crippen LogP contribution in [0.25, 0.3) is 0 Å². The van der Waals surface area contributed by atoms with E-state index >= 15 is 0 Å². The zero-order chi connectivity index (χ0) is 15.0. The van der Waals surface area contributed by atoms with E-state index in [1.165, 1.54) is 7.11 Å². The molecule has 0 atom stereocenters. The third-order valence-electron chi connectivity index (χ3n) is 3.50. The van der Waals surface area contributed by atoms with E-state index in [9.17, 15) is 4.79 Å². The van der Waals surface area contributed by atoms with Crippen molar-refractivity contribution in [3.63, 3.8) is 0 Å². The second-order valence-electron chi connectivity index (χ2n) is 4.79. The van der Waals surface area contributed by atoms with E-state index in [4.69, 9.17) is 26.8 Å². The number of ketones is 1. The highest BCUT2D eigenvalue weighted by atomic mass is 35.5. The van der Waals surface area contributed by atoms with Crippen LogP contribution in [0.5, 0.6) is 11.5 Å². The molecule has 5 heteroatoms. The van der Waals surface area contributed by atoms with Gasteiger partial charge < -0.3 is 15.2 Å². The number of halogens is 1. The van der Waals surface area contributed by atoms with Gasteiger partial charge in [0.1, 0.15) is 11.5 Å². The SMILES string of the molecule is COc1cccc(N)c1C(=O)c1cc(Cl)cc2c1OCC2. The molecule has 2 aromatic rings.